The van der Waals surface area contributed by atoms with Gasteiger partial charge in [-0.2, -0.15) is 0 Å². The average Bonchev–Trinajstić information content (AvgIpc) is 2.44. The Kier molecular flexibility index (Phi) is 7.32. The lowest BCUT2D eigenvalue weighted by Crippen LogP contribution is -2.51. The van der Waals surface area contributed by atoms with Crippen molar-refractivity contribution < 1.29 is 19.4 Å². The Hall–Kier alpha value is -1.34. The normalized spacial score (nSPS) is 21.2. The molecule has 1 rings (SSSR count). The van der Waals surface area contributed by atoms with E-state index in [4.69, 9.17) is 9.84 Å². The molecule has 1 heterocycles. The Balaban J connectivity index is 2.29. The summed E-state index contributed by atoms with van der Waals surface area (Å²) in [5, 5.41) is 14.1. The Bertz CT molecular complexity index is 325. The summed E-state index contributed by atoms with van der Waals surface area (Å²) in [5.41, 5.74) is 0. The highest BCUT2D eigenvalue weighted by molar-refractivity contribution is 5.82. The highest BCUT2D eigenvalue weighted by Crippen LogP contribution is 2.03. The second-order valence-electron chi connectivity index (χ2n) is 4.92. The van der Waals surface area contributed by atoms with Gasteiger partial charge in [-0.25, -0.2) is 9.59 Å². The van der Waals surface area contributed by atoms with Gasteiger partial charge in [-0.1, -0.05) is 20.3 Å². The number of likely N-dealkylation sites (N-methyl/N-ethyl adjacent to an activating group) is 1. The summed E-state index contributed by atoms with van der Waals surface area (Å²) >= 11 is 0. The molecule has 2 atom stereocenters. The minimum absolute atomic E-state index is 0.0381. The molecule has 20 heavy (non-hydrogen) atoms. The molecule has 7 heteroatoms. The zero-order valence-electron chi connectivity index (χ0n) is 12.2. The lowest BCUT2D eigenvalue weighted by molar-refractivity contribution is -0.139. The van der Waals surface area contributed by atoms with Crippen LogP contribution in [-0.4, -0.2) is 66.9 Å². The summed E-state index contributed by atoms with van der Waals surface area (Å²) in [6.45, 7) is 7.68. The summed E-state index contributed by atoms with van der Waals surface area (Å²) in [7, 11) is 0. The standard InChI is InChI=1S/C13H25N3O4/c1-3-5-11(12(17)18)15-13(19)14-8-10-9-16(4-2)6-7-20-10/h10-11H,3-9H2,1-2H3,(H,17,18)(H2,14,15,19)/t10?,11-/m0/s1. The number of hydrogen-bond donors (Lipinski definition) is 3. The zero-order chi connectivity index (χ0) is 15.0. The van der Waals surface area contributed by atoms with Crippen LogP contribution in [0.5, 0.6) is 0 Å². The third-order valence-corrected chi connectivity index (χ3v) is 3.34. The van der Waals surface area contributed by atoms with Crippen molar-refractivity contribution in [2.24, 2.45) is 0 Å². The molecule has 0 saturated carbocycles. The fourth-order valence-electron chi connectivity index (χ4n) is 2.15. The van der Waals surface area contributed by atoms with E-state index < -0.39 is 18.0 Å². The molecule has 3 N–H and O–H groups in total. The summed E-state index contributed by atoms with van der Waals surface area (Å²) in [4.78, 5) is 24.9. The van der Waals surface area contributed by atoms with E-state index in [1.807, 2.05) is 6.92 Å². The van der Waals surface area contributed by atoms with Crippen molar-refractivity contribution in [2.45, 2.75) is 38.8 Å². The maximum atomic E-state index is 11.7. The monoisotopic (exact) mass is 287 g/mol. The number of urea groups is 1. The third kappa shape index (κ3) is 5.75. The molecule has 2 amide bonds. The molecule has 116 valence electrons. The first-order chi connectivity index (χ1) is 9.56. The molecule has 0 aromatic carbocycles. The van der Waals surface area contributed by atoms with Crippen molar-refractivity contribution in [3.8, 4) is 0 Å². The lowest BCUT2D eigenvalue weighted by Gasteiger charge is -2.32. The van der Waals surface area contributed by atoms with Crippen LogP contribution < -0.4 is 10.6 Å². The average molecular weight is 287 g/mol. The number of rotatable bonds is 7. The van der Waals surface area contributed by atoms with Gasteiger partial charge in [0, 0.05) is 19.6 Å². The van der Waals surface area contributed by atoms with E-state index in [0.29, 0.717) is 26.0 Å². The smallest absolute Gasteiger partial charge is 0.326 e. The Morgan fingerprint density at radius 2 is 2.20 bits per heavy atom. The van der Waals surface area contributed by atoms with Gasteiger partial charge in [0.2, 0.25) is 0 Å². The van der Waals surface area contributed by atoms with Gasteiger partial charge in [0.15, 0.2) is 0 Å². The minimum atomic E-state index is -1.01. The molecule has 0 bridgehead atoms. The van der Waals surface area contributed by atoms with Gasteiger partial charge >= 0.3 is 12.0 Å². The van der Waals surface area contributed by atoms with Crippen LogP contribution >= 0.6 is 0 Å². The van der Waals surface area contributed by atoms with Crippen LogP contribution in [0.3, 0.4) is 0 Å². The van der Waals surface area contributed by atoms with Crippen molar-refractivity contribution in [1.29, 1.82) is 0 Å². The van der Waals surface area contributed by atoms with Gasteiger partial charge in [-0.05, 0) is 13.0 Å². The first-order valence-electron chi connectivity index (χ1n) is 7.17. The number of nitrogens with one attached hydrogen (secondary N) is 2. The number of carboxylic acid groups (broad SMARTS) is 1. The number of carbonyl (C=O) groups excluding carboxylic acids is 1. The topological polar surface area (TPSA) is 90.9 Å². The molecule has 1 unspecified atom stereocenters. The molecule has 1 aliphatic heterocycles. The van der Waals surface area contributed by atoms with Crippen LogP contribution in [0.25, 0.3) is 0 Å². The number of ether oxygens (including phenoxy) is 1. The molecule has 0 aromatic heterocycles. The first kappa shape index (κ1) is 16.7. The van der Waals surface area contributed by atoms with E-state index in [2.05, 4.69) is 22.5 Å². The maximum absolute atomic E-state index is 11.7. The van der Waals surface area contributed by atoms with Crippen molar-refractivity contribution >= 4 is 12.0 Å². The SMILES string of the molecule is CCC[C@H](NC(=O)NCC1CN(CC)CCO1)C(=O)O. The van der Waals surface area contributed by atoms with Crippen molar-refractivity contribution in [1.82, 2.24) is 15.5 Å². The fraction of sp³-hybridized carbons (Fsp3) is 0.846. The number of aliphatic carboxylic acids is 1. The first-order valence-corrected chi connectivity index (χ1v) is 7.17. The van der Waals surface area contributed by atoms with Crippen LogP contribution in [0.4, 0.5) is 4.79 Å². The molecule has 0 spiro atoms. The Morgan fingerprint density at radius 1 is 1.45 bits per heavy atom. The largest absolute Gasteiger partial charge is 0.480 e. The molecule has 1 fully saturated rings. The van der Waals surface area contributed by atoms with Crippen LogP contribution in [0.1, 0.15) is 26.7 Å². The van der Waals surface area contributed by atoms with Gasteiger partial charge in [0.1, 0.15) is 6.04 Å². The van der Waals surface area contributed by atoms with E-state index in [0.717, 1.165) is 19.6 Å². The van der Waals surface area contributed by atoms with Gasteiger partial charge in [-0.15, -0.1) is 0 Å². The van der Waals surface area contributed by atoms with Crippen LogP contribution in [0, 0.1) is 0 Å². The third-order valence-electron chi connectivity index (χ3n) is 3.34. The molecule has 0 aromatic rings. The molecule has 0 radical (unpaired) electrons. The van der Waals surface area contributed by atoms with Crippen LogP contribution in [-0.2, 0) is 9.53 Å². The summed E-state index contributed by atoms with van der Waals surface area (Å²) in [5.74, 6) is -1.01. The number of hydrogen-bond acceptors (Lipinski definition) is 4. The predicted octanol–water partition coefficient (Wildman–Crippen LogP) is 0.260. The summed E-state index contributed by atoms with van der Waals surface area (Å²) in [6.07, 6.45) is 1.09. The Labute approximate surface area is 119 Å². The van der Waals surface area contributed by atoms with E-state index in [1.54, 1.807) is 0 Å². The number of morpholine rings is 1. The van der Waals surface area contributed by atoms with Crippen molar-refractivity contribution in [3.05, 3.63) is 0 Å². The van der Waals surface area contributed by atoms with Gasteiger partial charge in [-0.3, -0.25) is 4.90 Å². The number of amides is 2. The van der Waals surface area contributed by atoms with Crippen LogP contribution in [0.2, 0.25) is 0 Å². The quantitative estimate of drug-likeness (QED) is 0.625. The number of nitrogens with zero attached hydrogens (tertiary/aromatic N) is 1. The molecule has 1 saturated heterocycles. The highest BCUT2D eigenvalue weighted by atomic mass is 16.5. The summed E-state index contributed by atoms with van der Waals surface area (Å²) in [6, 6.07) is -1.29. The molecule has 7 nitrogen and oxygen atoms in total. The second-order valence-corrected chi connectivity index (χ2v) is 4.92. The van der Waals surface area contributed by atoms with E-state index in [1.165, 1.54) is 0 Å². The van der Waals surface area contributed by atoms with E-state index >= 15 is 0 Å². The fourth-order valence-corrected chi connectivity index (χ4v) is 2.15. The molecular formula is C13H25N3O4. The lowest BCUT2D eigenvalue weighted by atomic mass is 10.2. The number of carboxylic acids is 1. The highest BCUT2D eigenvalue weighted by Gasteiger charge is 2.22. The number of carbonyl (C=O) groups is 2. The van der Waals surface area contributed by atoms with Gasteiger partial charge < -0.3 is 20.5 Å². The molecular weight excluding hydrogens is 262 g/mol. The Morgan fingerprint density at radius 3 is 2.80 bits per heavy atom. The maximum Gasteiger partial charge on any atom is 0.326 e. The van der Waals surface area contributed by atoms with E-state index in [-0.39, 0.29) is 6.10 Å². The summed E-state index contributed by atoms with van der Waals surface area (Å²) < 4.78 is 5.56. The van der Waals surface area contributed by atoms with Gasteiger partial charge in [0.05, 0.1) is 12.7 Å². The van der Waals surface area contributed by atoms with Crippen molar-refractivity contribution in [2.75, 3.05) is 32.8 Å². The zero-order valence-corrected chi connectivity index (χ0v) is 12.2. The van der Waals surface area contributed by atoms with Crippen molar-refractivity contribution in [3.63, 3.8) is 0 Å². The van der Waals surface area contributed by atoms with E-state index in [9.17, 15) is 9.59 Å². The second kappa shape index (κ2) is 8.76. The molecule has 0 aliphatic carbocycles. The minimum Gasteiger partial charge on any atom is -0.480 e. The predicted molar refractivity (Wildman–Crippen MR) is 74.7 cm³/mol. The van der Waals surface area contributed by atoms with Crippen LogP contribution in [0.15, 0.2) is 0 Å². The van der Waals surface area contributed by atoms with Gasteiger partial charge in [0.25, 0.3) is 0 Å². The molecule has 1 aliphatic rings.